The summed E-state index contributed by atoms with van der Waals surface area (Å²) in [5, 5.41) is 3.37. The normalized spacial score (nSPS) is 24.5. The van der Waals surface area contributed by atoms with Crippen LogP contribution in [0.15, 0.2) is 4.99 Å². The van der Waals surface area contributed by atoms with Crippen molar-refractivity contribution in [2.24, 2.45) is 16.3 Å². The van der Waals surface area contributed by atoms with Crippen molar-refractivity contribution >= 4 is 5.96 Å². The zero-order valence-corrected chi connectivity index (χ0v) is 10.5. The van der Waals surface area contributed by atoms with E-state index in [2.05, 4.69) is 29.6 Å². The van der Waals surface area contributed by atoms with Crippen LogP contribution >= 0.6 is 0 Å². The smallest absolute Gasteiger partial charge is 0.206 e. The van der Waals surface area contributed by atoms with E-state index in [0.717, 1.165) is 0 Å². The van der Waals surface area contributed by atoms with Gasteiger partial charge < -0.3 is 10.1 Å². The van der Waals surface area contributed by atoms with E-state index >= 15 is 0 Å². The molecule has 0 aromatic rings. The molecule has 5 nitrogen and oxygen atoms in total. The number of methoxy groups -OCH3 is 1. The first kappa shape index (κ1) is 13.3. The van der Waals surface area contributed by atoms with Crippen molar-refractivity contribution in [3.05, 3.63) is 0 Å². The lowest BCUT2D eigenvalue weighted by Gasteiger charge is -2.28. The SMILES string of the molecule is COCCN=C(NN)NC1CCCC1(C)C. The summed E-state index contributed by atoms with van der Waals surface area (Å²) >= 11 is 0. The van der Waals surface area contributed by atoms with Crippen molar-refractivity contribution < 1.29 is 4.74 Å². The predicted molar refractivity (Wildman–Crippen MR) is 66.1 cm³/mol. The van der Waals surface area contributed by atoms with Gasteiger partial charge >= 0.3 is 0 Å². The molecule has 16 heavy (non-hydrogen) atoms. The third-order valence-electron chi connectivity index (χ3n) is 3.27. The fourth-order valence-electron chi connectivity index (χ4n) is 2.14. The van der Waals surface area contributed by atoms with Gasteiger partial charge in [-0.25, -0.2) is 10.8 Å². The Hall–Kier alpha value is -0.810. The van der Waals surface area contributed by atoms with Crippen LogP contribution in [0.5, 0.6) is 0 Å². The molecule has 1 saturated carbocycles. The van der Waals surface area contributed by atoms with Gasteiger partial charge in [-0.1, -0.05) is 20.3 Å². The lowest BCUT2D eigenvalue weighted by molar-refractivity contribution is 0.207. The van der Waals surface area contributed by atoms with Gasteiger partial charge in [0.15, 0.2) is 0 Å². The predicted octanol–water partition coefficient (Wildman–Crippen LogP) is 0.620. The Morgan fingerprint density at radius 3 is 2.81 bits per heavy atom. The van der Waals surface area contributed by atoms with Crippen LogP contribution in [0.2, 0.25) is 0 Å². The molecule has 1 unspecified atom stereocenters. The van der Waals surface area contributed by atoms with Gasteiger partial charge in [-0.15, -0.1) is 0 Å². The topological polar surface area (TPSA) is 71.7 Å². The van der Waals surface area contributed by atoms with Crippen LogP contribution in [0, 0.1) is 5.41 Å². The minimum absolute atomic E-state index is 0.318. The van der Waals surface area contributed by atoms with E-state index < -0.39 is 0 Å². The maximum absolute atomic E-state index is 5.44. The van der Waals surface area contributed by atoms with Gasteiger partial charge in [-0.2, -0.15) is 0 Å². The van der Waals surface area contributed by atoms with Gasteiger partial charge in [-0.3, -0.25) is 5.43 Å². The lowest BCUT2D eigenvalue weighted by Crippen LogP contribution is -2.49. The van der Waals surface area contributed by atoms with E-state index in [0.29, 0.717) is 30.6 Å². The monoisotopic (exact) mass is 228 g/mol. The molecule has 94 valence electrons. The molecule has 0 aromatic carbocycles. The fourth-order valence-corrected chi connectivity index (χ4v) is 2.14. The number of nitrogens with one attached hydrogen (secondary N) is 2. The molecule has 0 aliphatic heterocycles. The van der Waals surface area contributed by atoms with Crippen molar-refractivity contribution in [3.63, 3.8) is 0 Å². The number of nitrogens with two attached hydrogens (primary N) is 1. The van der Waals surface area contributed by atoms with E-state index in [-0.39, 0.29) is 0 Å². The maximum Gasteiger partial charge on any atom is 0.206 e. The van der Waals surface area contributed by atoms with Crippen LogP contribution in [0.1, 0.15) is 33.1 Å². The first-order valence-electron chi connectivity index (χ1n) is 5.86. The van der Waals surface area contributed by atoms with Gasteiger partial charge in [0.2, 0.25) is 5.96 Å². The average Bonchev–Trinajstić information content (AvgIpc) is 2.57. The Balaban J connectivity index is 2.46. The first-order chi connectivity index (χ1) is 7.60. The zero-order chi connectivity index (χ0) is 12.0. The fraction of sp³-hybridized carbons (Fsp3) is 0.909. The molecule has 1 fully saturated rings. The summed E-state index contributed by atoms with van der Waals surface area (Å²) in [5.74, 6) is 6.10. The van der Waals surface area contributed by atoms with Gasteiger partial charge in [0.1, 0.15) is 0 Å². The molecule has 0 amide bonds. The summed E-state index contributed by atoms with van der Waals surface area (Å²) < 4.78 is 4.94. The van der Waals surface area contributed by atoms with Crippen molar-refractivity contribution in [1.82, 2.24) is 10.7 Å². The van der Waals surface area contributed by atoms with E-state index in [1.165, 1.54) is 19.3 Å². The number of rotatable bonds is 4. The van der Waals surface area contributed by atoms with Gasteiger partial charge in [0, 0.05) is 13.2 Å². The summed E-state index contributed by atoms with van der Waals surface area (Å²) in [6.07, 6.45) is 3.69. The van der Waals surface area contributed by atoms with Crippen LogP contribution in [0.25, 0.3) is 0 Å². The highest BCUT2D eigenvalue weighted by Gasteiger charge is 2.34. The van der Waals surface area contributed by atoms with Crippen LogP contribution in [-0.2, 0) is 4.74 Å². The van der Waals surface area contributed by atoms with Crippen molar-refractivity contribution in [2.75, 3.05) is 20.3 Å². The number of guanidine groups is 1. The Morgan fingerprint density at radius 1 is 1.56 bits per heavy atom. The molecule has 1 aliphatic rings. The van der Waals surface area contributed by atoms with Gasteiger partial charge in [0.05, 0.1) is 13.2 Å². The van der Waals surface area contributed by atoms with Crippen molar-refractivity contribution in [1.29, 1.82) is 0 Å². The molecule has 0 radical (unpaired) electrons. The number of hydrazine groups is 1. The molecule has 0 heterocycles. The molecular formula is C11H24N4O. The van der Waals surface area contributed by atoms with Crippen molar-refractivity contribution in [3.8, 4) is 0 Å². The minimum atomic E-state index is 0.318. The molecule has 1 atom stereocenters. The Kier molecular flexibility index (Phi) is 5.02. The largest absolute Gasteiger partial charge is 0.383 e. The van der Waals surface area contributed by atoms with Crippen LogP contribution in [0.4, 0.5) is 0 Å². The molecule has 0 bridgehead atoms. The summed E-state index contributed by atoms with van der Waals surface area (Å²) in [4.78, 5) is 4.31. The highest BCUT2D eigenvalue weighted by atomic mass is 16.5. The second kappa shape index (κ2) is 6.06. The number of aliphatic imine (C=N–C) groups is 1. The molecule has 0 saturated heterocycles. The minimum Gasteiger partial charge on any atom is -0.383 e. The summed E-state index contributed by atoms with van der Waals surface area (Å²) in [5.41, 5.74) is 2.93. The number of hydrogen-bond acceptors (Lipinski definition) is 3. The second-order valence-corrected chi connectivity index (χ2v) is 4.95. The molecule has 5 heteroatoms. The van der Waals surface area contributed by atoms with E-state index in [9.17, 15) is 0 Å². The molecule has 4 N–H and O–H groups in total. The Labute approximate surface area is 97.8 Å². The highest BCUT2D eigenvalue weighted by Crippen LogP contribution is 2.36. The van der Waals surface area contributed by atoms with E-state index in [4.69, 9.17) is 10.6 Å². The number of nitrogens with zero attached hydrogens (tertiary/aromatic N) is 1. The third kappa shape index (κ3) is 3.64. The molecule has 0 aromatic heterocycles. The van der Waals surface area contributed by atoms with E-state index in [1.807, 2.05) is 0 Å². The highest BCUT2D eigenvalue weighted by molar-refractivity contribution is 5.79. The zero-order valence-electron chi connectivity index (χ0n) is 10.5. The summed E-state index contributed by atoms with van der Waals surface area (Å²) in [6.45, 7) is 5.79. The molecule has 1 aliphatic carbocycles. The average molecular weight is 228 g/mol. The van der Waals surface area contributed by atoms with E-state index in [1.54, 1.807) is 7.11 Å². The maximum atomic E-state index is 5.44. The standard InChI is InChI=1S/C11H24N4O/c1-11(2)6-4-5-9(11)14-10(15-12)13-7-8-16-3/h9H,4-8,12H2,1-3H3,(H2,13,14,15). The van der Waals surface area contributed by atoms with Crippen molar-refractivity contribution in [2.45, 2.75) is 39.2 Å². The molecular weight excluding hydrogens is 204 g/mol. The van der Waals surface area contributed by atoms with Crippen LogP contribution < -0.4 is 16.6 Å². The summed E-state index contributed by atoms with van der Waals surface area (Å²) in [7, 11) is 1.67. The van der Waals surface area contributed by atoms with Gasteiger partial charge in [-0.05, 0) is 18.3 Å². The van der Waals surface area contributed by atoms with Crippen LogP contribution in [-0.4, -0.2) is 32.3 Å². The van der Waals surface area contributed by atoms with Crippen LogP contribution in [0.3, 0.4) is 0 Å². The molecule has 1 rings (SSSR count). The number of ether oxygens (including phenoxy) is 1. The third-order valence-corrected chi connectivity index (χ3v) is 3.27. The Bertz CT molecular complexity index is 240. The molecule has 0 spiro atoms. The summed E-state index contributed by atoms with van der Waals surface area (Å²) in [6, 6.07) is 0.449. The Morgan fingerprint density at radius 2 is 2.31 bits per heavy atom. The quantitative estimate of drug-likeness (QED) is 0.217. The second-order valence-electron chi connectivity index (χ2n) is 4.95. The van der Waals surface area contributed by atoms with Gasteiger partial charge in [0.25, 0.3) is 0 Å². The number of hydrogen-bond donors (Lipinski definition) is 3. The lowest BCUT2D eigenvalue weighted by atomic mass is 9.87. The first-order valence-corrected chi connectivity index (χ1v) is 5.86.